The summed E-state index contributed by atoms with van der Waals surface area (Å²) in [6.07, 6.45) is 0. The second-order valence-electron chi connectivity index (χ2n) is 3.07. The molecule has 6 heteroatoms. The Kier molecular flexibility index (Phi) is 2.82. The van der Waals surface area contributed by atoms with Crippen molar-refractivity contribution in [2.75, 3.05) is 7.11 Å². The molecule has 0 aliphatic rings. The van der Waals surface area contributed by atoms with Gasteiger partial charge in [0.1, 0.15) is 11.6 Å². The lowest BCUT2D eigenvalue weighted by atomic mass is 10.2. The molecule has 2 aromatic rings. The number of methoxy groups -OCH3 is 1. The second-order valence-corrected chi connectivity index (χ2v) is 3.07. The van der Waals surface area contributed by atoms with Crippen LogP contribution in [0.25, 0.3) is 11.5 Å². The zero-order valence-electron chi connectivity index (χ0n) is 8.61. The normalized spacial score (nSPS) is 10.4. The SMILES string of the molecule is COc1ccc(-c2nc(CN)no2)c(F)c1. The van der Waals surface area contributed by atoms with E-state index in [1.807, 2.05) is 0 Å². The predicted octanol–water partition coefficient (Wildman–Crippen LogP) is 1.34. The lowest BCUT2D eigenvalue weighted by molar-refractivity contribution is 0.409. The van der Waals surface area contributed by atoms with Crippen LogP contribution in [0, 0.1) is 5.82 Å². The van der Waals surface area contributed by atoms with Crippen LogP contribution in [0.4, 0.5) is 4.39 Å². The Labute approximate surface area is 91.0 Å². The van der Waals surface area contributed by atoms with Crippen molar-refractivity contribution in [3.63, 3.8) is 0 Å². The lowest BCUT2D eigenvalue weighted by Crippen LogP contribution is -1.98. The van der Waals surface area contributed by atoms with Gasteiger partial charge in [0.25, 0.3) is 5.89 Å². The fraction of sp³-hybridized carbons (Fsp3) is 0.200. The monoisotopic (exact) mass is 223 g/mol. The topological polar surface area (TPSA) is 74.2 Å². The molecule has 1 heterocycles. The molecule has 0 amide bonds. The summed E-state index contributed by atoms with van der Waals surface area (Å²) in [6.45, 7) is 0.154. The predicted molar refractivity (Wildman–Crippen MR) is 54.1 cm³/mol. The van der Waals surface area contributed by atoms with Crippen LogP contribution in [0.15, 0.2) is 22.7 Å². The van der Waals surface area contributed by atoms with Gasteiger partial charge in [-0.1, -0.05) is 5.16 Å². The molecule has 0 atom stereocenters. The fourth-order valence-electron chi connectivity index (χ4n) is 1.24. The smallest absolute Gasteiger partial charge is 0.260 e. The Balaban J connectivity index is 2.40. The number of rotatable bonds is 3. The molecule has 0 saturated carbocycles. The van der Waals surface area contributed by atoms with Crippen molar-refractivity contribution in [2.45, 2.75) is 6.54 Å². The van der Waals surface area contributed by atoms with Crippen molar-refractivity contribution in [3.05, 3.63) is 29.8 Å². The van der Waals surface area contributed by atoms with E-state index in [9.17, 15) is 4.39 Å². The summed E-state index contributed by atoms with van der Waals surface area (Å²) in [5.74, 6) is 0.400. The minimum Gasteiger partial charge on any atom is -0.497 e. The maximum absolute atomic E-state index is 13.6. The van der Waals surface area contributed by atoms with Crippen LogP contribution in [0.5, 0.6) is 5.75 Å². The molecule has 84 valence electrons. The van der Waals surface area contributed by atoms with E-state index in [0.717, 1.165) is 0 Å². The highest BCUT2D eigenvalue weighted by atomic mass is 19.1. The summed E-state index contributed by atoms with van der Waals surface area (Å²) in [7, 11) is 1.47. The Morgan fingerprint density at radius 1 is 1.50 bits per heavy atom. The summed E-state index contributed by atoms with van der Waals surface area (Å²) < 4.78 is 23.4. The van der Waals surface area contributed by atoms with Gasteiger partial charge in [0.15, 0.2) is 5.82 Å². The summed E-state index contributed by atoms with van der Waals surface area (Å²) >= 11 is 0. The summed E-state index contributed by atoms with van der Waals surface area (Å²) in [4.78, 5) is 3.93. The van der Waals surface area contributed by atoms with Crippen molar-refractivity contribution in [1.29, 1.82) is 0 Å². The van der Waals surface area contributed by atoms with Crippen LogP contribution in [0.1, 0.15) is 5.82 Å². The van der Waals surface area contributed by atoms with Gasteiger partial charge in [-0.05, 0) is 12.1 Å². The van der Waals surface area contributed by atoms with Crippen LogP contribution >= 0.6 is 0 Å². The number of nitrogens with two attached hydrogens (primary N) is 1. The van der Waals surface area contributed by atoms with Crippen molar-refractivity contribution < 1.29 is 13.7 Å². The van der Waals surface area contributed by atoms with E-state index in [1.54, 1.807) is 6.07 Å². The average molecular weight is 223 g/mol. The number of hydrogen-bond donors (Lipinski definition) is 1. The molecule has 1 aromatic carbocycles. The summed E-state index contributed by atoms with van der Waals surface area (Å²) in [6, 6.07) is 4.38. The van der Waals surface area contributed by atoms with E-state index in [0.29, 0.717) is 11.6 Å². The van der Waals surface area contributed by atoms with Crippen LogP contribution in [-0.2, 0) is 6.54 Å². The fourth-order valence-corrected chi connectivity index (χ4v) is 1.24. The highest BCUT2D eigenvalue weighted by molar-refractivity contribution is 5.55. The van der Waals surface area contributed by atoms with Gasteiger partial charge in [-0.3, -0.25) is 0 Å². The molecule has 0 bridgehead atoms. The molecule has 16 heavy (non-hydrogen) atoms. The van der Waals surface area contributed by atoms with Gasteiger partial charge in [-0.25, -0.2) is 4.39 Å². The minimum absolute atomic E-state index is 0.112. The molecule has 0 saturated heterocycles. The van der Waals surface area contributed by atoms with Gasteiger partial charge in [-0.2, -0.15) is 4.98 Å². The van der Waals surface area contributed by atoms with E-state index in [2.05, 4.69) is 10.1 Å². The van der Waals surface area contributed by atoms with E-state index < -0.39 is 5.82 Å². The third-order valence-corrected chi connectivity index (χ3v) is 2.06. The first-order chi connectivity index (χ1) is 7.74. The first-order valence-corrected chi connectivity index (χ1v) is 4.61. The number of aromatic nitrogens is 2. The average Bonchev–Trinajstić information content (AvgIpc) is 2.77. The van der Waals surface area contributed by atoms with E-state index in [-0.39, 0.29) is 18.0 Å². The molecule has 0 spiro atoms. The van der Waals surface area contributed by atoms with Crippen molar-refractivity contribution in [1.82, 2.24) is 10.1 Å². The lowest BCUT2D eigenvalue weighted by Gasteiger charge is -2.01. The van der Waals surface area contributed by atoms with Crippen molar-refractivity contribution in [3.8, 4) is 17.2 Å². The molecule has 0 aliphatic heterocycles. The van der Waals surface area contributed by atoms with Gasteiger partial charge < -0.3 is 15.0 Å². The van der Waals surface area contributed by atoms with Gasteiger partial charge in [0.05, 0.1) is 19.2 Å². The minimum atomic E-state index is -0.480. The standard InChI is InChI=1S/C10H10FN3O2/c1-15-6-2-3-7(8(11)4-6)10-13-9(5-12)14-16-10/h2-4H,5,12H2,1H3. The molecule has 1 aromatic heterocycles. The first-order valence-electron chi connectivity index (χ1n) is 4.61. The maximum atomic E-state index is 13.6. The number of hydrogen-bond acceptors (Lipinski definition) is 5. The molecule has 0 unspecified atom stereocenters. The highest BCUT2D eigenvalue weighted by Gasteiger charge is 2.13. The van der Waals surface area contributed by atoms with Crippen LogP contribution < -0.4 is 10.5 Å². The highest BCUT2D eigenvalue weighted by Crippen LogP contribution is 2.24. The molecule has 5 nitrogen and oxygen atoms in total. The summed E-state index contributed by atoms with van der Waals surface area (Å²) in [5.41, 5.74) is 5.56. The molecular weight excluding hydrogens is 213 g/mol. The molecular formula is C10H10FN3O2. The van der Waals surface area contributed by atoms with Crippen molar-refractivity contribution in [2.24, 2.45) is 5.73 Å². The Morgan fingerprint density at radius 2 is 2.31 bits per heavy atom. The molecule has 2 rings (SSSR count). The number of halogens is 1. The van der Waals surface area contributed by atoms with Crippen LogP contribution in [0.2, 0.25) is 0 Å². The number of benzene rings is 1. The second kappa shape index (κ2) is 4.28. The van der Waals surface area contributed by atoms with E-state index >= 15 is 0 Å². The maximum Gasteiger partial charge on any atom is 0.260 e. The Hall–Kier alpha value is -1.95. The van der Waals surface area contributed by atoms with Crippen LogP contribution in [-0.4, -0.2) is 17.3 Å². The van der Waals surface area contributed by atoms with E-state index in [4.69, 9.17) is 15.0 Å². The third-order valence-electron chi connectivity index (χ3n) is 2.06. The van der Waals surface area contributed by atoms with Gasteiger partial charge in [-0.15, -0.1) is 0 Å². The molecule has 2 N–H and O–H groups in total. The number of nitrogens with zero attached hydrogens (tertiary/aromatic N) is 2. The third kappa shape index (κ3) is 1.87. The largest absolute Gasteiger partial charge is 0.497 e. The first kappa shape index (κ1) is 10.6. The Morgan fingerprint density at radius 3 is 2.88 bits per heavy atom. The molecule has 0 aliphatic carbocycles. The molecule has 0 radical (unpaired) electrons. The van der Waals surface area contributed by atoms with E-state index in [1.165, 1.54) is 19.2 Å². The van der Waals surface area contributed by atoms with Gasteiger partial charge in [0.2, 0.25) is 0 Å². The van der Waals surface area contributed by atoms with Gasteiger partial charge in [0, 0.05) is 6.07 Å². The van der Waals surface area contributed by atoms with Crippen LogP contribution in [0.3, 0.4) is 0 Å². The number of ether oxygens (including phenoxy) is 1. The summed E-state index contributed by atoms with van der Waals surface area (Å²) in [5, 5.41) is 3.59. The zero-order valence-corrected chi connectivity index (χ0v) is 8.61. The zero-order chi connectivity index (χ0) is 11.5. The van der Waals surface area contributed by atoms with Crippen molar-refractivity contribution >= 4 is 0 Å². The quantitative estimate of drug-likeness (QED) is 0.849. The molecule has 0 fully saturated rings. The van der Waals surface area contributed by atoms with Gasteiger partial charge >= 0.3 is 0 Å². The Bertz CT molecular complexity index is 499.